The lowest BCUT2D eigenvalue weighted by Crippen LogP contribution is -2.21. The average Bonchev–Trinajstić information content (AvgIpc) is 2.61. The third-order valence-electron chi connectivity index (χ3n) is 3.21. The molecule has 2 aromatic carbocycles. The minimum absolute atomic E-state index is 0.0393. The van der Waals surface area contributed by atoms with Gasteiger partial charge in [0.15, 0.2) is 6.61 Å². The minimum atomic E-state index is -0.668. The maximum atomic E-state index is 11.9. The zero-order valence-electron chi connectivity index (χ0n) is 13.4. The summed E-state index contributed by atoms with van der Waals surface area (Å²) in [4.78, 5) is 34.0. The van der Waals surface area contributed by atoms with Crippen molar-refractivity contribution in [3.63, 3.8) is 0 Å². The Bertz CT molecular complexity index is 773. The van der Waals surface area contributed by atoms with Crippen LogP contribution in [0.4, 0.5) is 11.4 Å². The van der Waals surface area contributed by atoms with E-state index in [1.54, 1.807) is 37.4 Å². The van der Waals surface area contributed by atoms with Crippen molar-refractivity contribution in [1.29, 1.82) is 0 Å². The molecule has 0 aliphatic carbocycles. The smallest absolute Gasteiger partial charge is 0.338 e. The predicted molar refractivity (Wildman–Crippen MR) is 89.2 cm³/mol. The number of para-hydroxylation sites is 2. The van der Waals surface area contributed by atoms with Gasteiger partial charge >= 0.3 is 5.97 Å². The maximum Gasteiger partial charge on any atom is 0.338 e. The van der Waals surface area contributed by atoms with E-state index in [1.165, 1.54) is 18.2 Å². The molecule has 1 amide bonds. The number of rotatable bonds is 7. The number of carbonyl (C=O) groups excluding carboxylic acids is 2. The number of hydrogen-bond acceptors (Lipinski definition) is 6. The van der Waals surface area contributed by atoms with Gasteiger partial charge in [0.1, 0.15) is 5.69 Å². The highest BCUT2D eigenvalue weighted by atomic mass is 16.6. The largest absolute Gasteiger partial charge is 0.452 e. The Labute approximate surface area is 143 Å². The van der Waals surface area contributed by atoms with E-state index >= 15 is 0 Å². The van der Waals surface area contributed by atoms with Gasteiger partial charge in [-0.3, -0.25) is 14.9 Å². The van der Waals surface area contributed by atoms with E-state index in [4.69, 9.17) is 9.47 Å². The summed E-state index contributed by atoms with van der Waals surface area (Å²) in [6.07, 6.45) is 0. The SMILES string of the molecule is COCc1ccc(C(=O)OCC(=O)Nc2ccccc2[N+](=O)[O-])cc1. The number of amides is 1. The van der Waals surface area contributed by atoms with Crippen LogP contribution in [-0.4, -0.2) is 30.5 Å². The number of esters is 1. The zero-order chi connectivity index (χ0) is 18.2. The summed E-state index contributed by atoms with van der Waals surface area (Å²) in [5, 5.41) is 13.2. The van der Waals surface area contributed by atoms with Gasteiger partial charge in [-0.1, -0.05) is 24.3 Å². The quantitative estimate of drug-likeness (QED) is 0.470. The first-order valence-corrected chi connectivity index (χ1v) is 7.29. The Morgan fingerprint density at radius 2 is 1.80 bits per heavy atom. The van der Waals surface area contributed by atoms with Crippen LogP contribution in [0.3, 0.4) is 0 Å². The first-order valence-electron chi connectivity index (χ1n) is 7.29. The monoisotopic (exact) mass is 344 g/mol. The third kappa shape index (κ3) is 5.11. The van der Waals surface area contributed by atoms with E-state index in [0.29, 0.717) is 12.2 Å². The van der Waals surface area contributed by atoms with Gasteiger partial charge < -0.3 is 14.8 Å². The fourth-order valence-corrected chi connectivity index (χ4v) is 2.04. The number of nitro benzene ring substituents is 1. The first-order chi connectivity index (χ1) is 12.0. The van der Waals surface area contributed by atoms with Gasteiger partial charge in [0, 0.05) is 13.2 Å². The van der Waals surface area contributed by atoms with Gasteiger partial charge in [-0.25, -0.2) is 4.79 Å². The van der Waals surface area contributed by atoms with Gasteiger partial charge in [-0.2, -0.15) is 0 Å². The molecule has 8 heteroatoms. The molecule has 2 rings (SSSR count). The highest BCUT2D eigenvalue weighted by molar-refractivity contribution is 5.96. The molecule has 0 heterocycles. The molecule has 25 heavy (non-hydrogen) atoms. The van der Waals surface area contributed by atoms with Crippen LogP contribution in [0.15, 0.2) is 48.5 Å². The molecule has 0 saturated carbocycles. The second kappa shape index (κ2) is 8.55. The van der Waals surface area contributed by atoms with Crippen LogP contribution < -0.4 is 5.32 Å². The molecule has 1 N–H and O–H groups in total. The lowest BCUT2D eigenvalue weighted by molar-refractivity contribution is -0.383. The summed E-state index contributed by atoms with van der Waals surface area (Å²) in [5.74, 6) is -1.33. The summed E-state index contributed by atoms with van der Waals surface area (Å²) in [6, 6.07) is 12.3. The van der Waals surface area contributed by atoms with Crippen molar-refractivity contribution in [3.05, 3.63) is 69.8 Å². The van der Waals surface area contributed by atoms with Crippen molar-refractivity contribution in [2.75, 3.05) is 19.0 Å². The number of methoxy groups -OCH3 is 1. The summed E-state index contributed by atoms with van der Waals surface area (Å²) in [5.41, 5.74) is 0.986. The number of nitrogens with one attached hydrogen (secondary N) is 1. The van der Waals surface area contributed by atoms with Crippen molar-refractivity contribution in [3.8, 4) is 0 Å². The molecule has 0 atom stereocenters. The van der Waals surface area contributed by atoms with Crippen LogP contribution in [0.1, 0.15) is 15.9 Å². The molecular formula is C17H16N2O6. The lowest BCUT2D eigenvalue weighted by atomic mass is 10.1. The van der Waals surface area contributed by atoms with Crippen LogP contribution in [-0.2, 0) is 20.9 Å². The van der Waals surface area contributed by atoms with Crippen LogP contribution in [0, 0.1) is 10.1 Å². The Morgan fingerprint density at radius 3 is 2.44 bits per heavy atom. The number of nitrogens with zero attached hydrogens (tertiary/aromatic N) is 1. The van der Waals surface area contributed by atoms with Crippen LogP contribution in [0.5, 0.6) is 0 Å². The standard InChI is InChI=1S/C17H16N2O6/c1-24-10-12-6-8-13(9-7-12)17(21)25-11-16(20)18-14-4-2-3-5-15(14)19(22)23/h2-9H,10-11H2,1H3,(H,18,20). The second-order valence-corrected chi connectivity index (χ2v) is 5.03. The van der Waals surface area contributed by atoms with E-state index in [9.17, 15) is 19.7 Å². The van der Waals surface area contributed by atoms with Crippen molar-refractivity contribution in [2.24, 2.45) is 0 Å². The molecule has 0 aliphatic rings. The normalized spacial score (nSPS) is 10.1. The average molecular weight is 344 g/mol. The fourth-order valence-electron chi connectivity index (χ4n) is 2.04. The Kier molecular flexibility index (Phi) is 6.19. The molecule has 0 unspecified atom stereocenters. The predicted octanol–water partition coefficient (Wildman–Crippen LogP) is 2.54. The van der Waals surface area contributed by atoms with E-state index in [-0.39, 0.29) is 11.4 Å². The maximum absolute atomic E-state index is 11.9. The molecule has 0 fully saturated rings. The van der Waals surface area contributed by atoms with Crippen molar-refractivity contribution in [1.82, 2.24) is 0 Å². The number of benzene rings is 2. The minimum Gasteiger partial charge on any atom is -0.452 e. The van der Waals surface area contributed by atoms with Gasteiger partial charge in [-0.05, 0) is 23.8 Å². The molecule has 0 spiro atoms. The molecule has 0 saturated heterocycles. The van der Waals surface area contributed by atoms with Crippen molar-refractivity contribution >= 4 is 23.3 Å². The number of ether oxygens (including phenoxy) is 2. The lowest BCUT2D eigenvalue weighted by Gasteiger charge is -2.07. The van der Waals surface area contributed by atoms with E-state index in [2.05, 4.69) is 5.32 Å². The number of hydrogen-bond donors (Lipinski definition) is 1. The van der Waals surface area contributed by atoms with Gasteiger partial charge in [0.25, 0.3) is 11.6 Å². The zero-order valence-corrected chi connectivity index (χ0v) is 13.4. The molecule has 0 aliphatic heterocycles. The summed E-state index contributed by atoms with van der Waals surface area (Å²) in [7, 11) is 1.57. The number of carbonyl (C=O) groups is 2. The Hall–Kier alpha value is -3.26. The second-order valence-electron chi connectivity index (χ2n) is 5.03. The molecule has 0 radical (unpaired) electrons. The van der Waals surface area contributed by atoms with Gasteiger partial charge in [0.05, 0.1) is 17.1 Å². The van der Waals surface area contributed by atoms with Crippen LogP contribution in [0.25, 0.3) is 0 Å². The molecular weight excluding hydrogens is 328 g/mol. The summed E-state index contributed by atoms with van der Waals surface area (Å²) >= 11 is 0. The number of nitro groups is 1. The summed E-state index contributed by atoms with van der Waals surface area (Å²) in [6.45, 7) is -0.127. The van der Waals surface area contributed by atoms with Crippen molar-refractivity contribution < 1.29 is 24.0 Å². The Morgan fingerprint density at radius 1 is 1.12 bits per heavy atom. The highest BCUT2D eigenvalue weighted by Crippen LogP contribution is 2.22. The molecule has 2 aromatic rings. The molecule has 8 nitrogen and oxygen atoms in total. The first kappa shape index (κ1) is 18.1. The van der Waals surface area contributed by atoms with Crippen LogP contribution >= 0.6 is 0 Å². The topological polar surface area (TPSA) is 108 Å². The number of anilines is 1. The highest BCUT2D eigenvalue weighted by Gasteiger charge is 2.16. The van der Waals surface area contributed by atoms with Gasteiger partial charge in [-0.15, -0.1) is 0 Å². The van der Waals surface area contributed by atoms with Gasteiger partial charge in [0.2, 0.25) is 0 Å². The molecule has 0 aromatic heterocycles. The molecule has 0 bridgehead atoms. The van der Waals surface area contributed by atoms with Crippen LogP contribution in [0.2, 0.25) is 0 Å². The van der Waals surface area contributed by atoms with Crippen molar-refractivity contribution in [2.45, 2.75) is 6.61 Å². The van der Waals surface area contributed by atoms with E-state index in [1.807, 2.05) is 0 Å². The van der Waals surface area contributed by atoms with E-state index in [0.717, 1.165) is 5.56 Å². The summed E-state index contributed by atoms with van der Waals surface area (Å²) < 4.78 is 9.88. The van der Waals surface area contributed by atoms with E-state index < -0.39 is 23.4 Å². The molecule has 130 valence electrons. The Balaban J connectivity index is 1.91. The fraction of sp³-hybridized carbons (Fsp3) is 0.176. The third-order valence-corrected chi connectivity index (χ3v) is 3.21.